The second-order valence-electron chi connectivity index (χ2n) is 12.4. The molecule has 53 heavy (non-hydrogen) atoms. The Morgan fingerprint density at radius 3 is 2.74 bits per heavy atom. The first-order valence-corrected chi connectivity index (χ1v) is 18.7. The zero-order chi connectivity index (χ0) is 37.4. The normalized spacial score (nSPS) is 19.8. The number of carbonyl (C=O) groups is 3. The van der Waals surface area contributed by atoms with Crippen LogP contribution in [0.15, 0.2) is 63.8 Å². The van der Waals surface area contributed by atoms with Crippen molar-refractivity contribution in [1.82, 2.24) is 19.1 Å². The highest BCUT2D eigenvalue weighted by Crippen LogP contribution is 2.45. The van der Waals surface area contributed by atoms with Gasteiger partial charge in [0.2, 0.25) is 5.91 Å². The van der Waals surface area contributed by atoms with Gasteiger partial charge >= 0.3 is 11.6 Å². The fourth-order valence-corrected chi connectivity index (χ4v) is 8.72. The van der Waals surface area contributed by atoms with Gasteiger partial charge in [-0.2, -0.15) is 0 Å². The second kappa shape index (κ2) is 15.2. The molecule has 3 aliphatic heterocycles. The van der Waals surface area contributed by atoms with Gasteiger partial charge in [0.15, 0.2) is 28.7 Å². The average molecular weight is 787 g/mol. The summed E-state index contributed by atoms with van der Waals surface area (Å²) in [7, 11) is 1.29. The fourth-order valence-electron chi connectivity index (χ4n) is 6.50. The number of hydrogen-bond acceptors (Lipinski definition) is 12. The third-order valence-corrected chi connectivity index (χ3v) is 11.6. The lowest BCUT2D eigenvalue weighted by Crippen LogP contribution is -2.62. The number of nitrogens with two attached hydrogens (primary N) is 2. The van der Waals surface area contributed by atoms with E-state index in [0.717, 1.165) is 11.3 Å². The molecule has 0 aliphatic carbocycles. The number of halogens is 2. The van der Waals surface area contributed by atoms with Crippen LogP contribution in [0.5, 0.6) is 0 Å². The summed E-state index contributed by atoms with van der Waals surface area (Å²) in [4.78, 5) is 54.9. The molecule has 2 atom stereocenters. The van der Waals surface area contributed by atoms with Crippen LogP contribution in [0, 0.1) is 11.7 Å². The zero-order valence-electron chi connectivity index (χ0n) is 28.2. The standard InChI is InChI=1S/C33H33ClFN9O7S2/c1-49-39-27(24-16-53-33(37)38-24)25(45)12-20-30(46)44-28(32(47)48)18(15-52-31(20)44)13-42-5-2-26-41(6-7-43(26)42)14-21-22(34)10-17(11-23(21)35)29(36)40-51-19-3-8-50-9-4-19/h2,5-7,10-11,16,19-20,31H,3-4,8-9,12-15H2,1H3,(H4-,36,37,38,40,47,48)/p+1/b39-27-/t20-,31-/m1/s1. The number of carboxylic acid groups (broad SMARTS) is 1. The van der Waals surface area contributed by atoms with Crippen molar-refractivity contribution in [2.75, 3.05) is 31.8 Å². The largest absolute Gasteiger partial charge is 0.477 e. The number of carboxylic acids is 1. The van der Waals surface area contributed by atoms with Crippen molar-refractivity contribution < 1.29 is 42.9 Å². The summed E-state index contributed by atoms with van der Waals surface area (Å²) in [6, 6.07) is 4.62. The fraction of sp³-hybridized carbons (Fsp3) is 0.364. The van der Waals surface area contributed by atoms with Crippen LogP contribution in [-0.4, -0.2) is 90.9 Å². The van der Waals surface area contributed by atoms with Crippen molar-refractivity contribution >= 4 is 74.7 Å². The number of amides is 1. The van der Waals surface area contributed by atoms with Crippen LogP contribution in [0.2, 0.25) is 5.02 Å². The van der Waals surface area contributed by atoms with E-state index in [0.29, 0.717) is 48.6 Å². The van der Waals surface area contributed by atoms with Crippen LogP contribution >= 0.6 is 34.7 Å². The molecule has 2 saturated heterocycles. The van der Waals surface area contributed by atoms with Crippen LogP contribution in [0.25, 0.3) is 5.65 Å². The van der Waals surface area contributed by atoms with Crippen LogP contribution in [0.4, 0.5) is 9.52 Å². The highest BCUT2D eigenvalue weighted by Gasteiger charge is 2.54. The van der Waals surface area contributed by atoms with Crippen LogP contribution in [0.3, 0.4) is 0 Å². The van der Waals surface area contributed by atoms with E-state index in [1.54, 1.807) is 43.8 Å². The first kappa shape index (κ1) is 36.4. The summed E-state index contributed by atoms with van der Waals surface area (Å²) < 4.78 is 26.1. The SMILES string of the molecule is CO/N=C(\C(=O)C[C@@H]1C(=O)N2C(C(=O)O)=C(Cn3ccc4n3cc[n+]4Cc3c(F)cc(C(N)=NOC4CCOCC4)cc3Cl)CS[C@H]12)c1csc(N)n1. The number of thiazole rings is 1. The molecule has 2 fully saturated rings. The first-order chi connectivity index (χ1) is 25.5. The molecule has 0 saturated carbocycles. The third kappa shape index (κ3) is 7.20. The minimum Gasteiger partial charge on any atom is -0.477 e. The summed E-state index contributed by atoms with van der Waals surface area (Å²) in [6.45, 7) is 1.40. The topological polar surface area (TPSA) is 205 Å². The average Bonchev–Trinajstić information content (AvgIpc) is 3.87. The number of amidine groups is 1. The number of aliphatic carboxylic acids is 1. The van der Waals surface area contributed by atoms with Gasteiger partial charge in [-0.1, -0.05) is 21.9 Å². The Kier molecular flexibility index (Phi) is 10.4. The first-order valence-electron chi connectivity index (χ1n) is 16.4. The van der Waals surface area contributed by atoms with E-state index in [9.17, 15) is 19.5 Å². The maximum absolute atomic E-state index is 15.4. The number of ketones is 1. The molecule has 16 nitrogen and oxygen atoms in total. The van der Waals surface area contributed by atoms with E-state index in [2.05, 4.69) is 15.3 Å². The van der Waals surface area contributed by atoms with E-state index in [1.807, 2.05) is 6.07 Å². The molecule has 6 heterocycles. The summed E-state index contributed by atoms with van der Waals surface area (Å²) in [5.74, 6) is -3.19. The van der Waals surface area contributed by atoms with Crippen molar-refractivity contribution in [2.24, 2.45) is 22.0 Å². The number of ether oxygens (including phenoxy) is 1. The van der Waals surface area contributed by atoms with E-state index in [1.165, 1.54) is 29.8 Å². The Morgan fingerprint density at radius 2 is 2.04 bits per heavy atom. The maximum atomic E-state index is 15.4. The number of benzene rings is 1. The predicted molar refractivity (Wildman–Crippen MR) is 193 cm³/mol. The van der Waals surface area contributed by atoms with Gasteiger partial charge in [-0.25, -0.2) is 23.4 Å². The molecule has 1 amide bonds. The molecular formula is C33H34ClFN9O7S2+. The van der Waals surface area contributed by atoms with Gasteiger partial charge in [-0.05, 0) is 17.7 Å². The molecule has 3 aliphatic rings. The molecular weight excluding hydrogens is 753 g/mol. The number of carbonyl (C=O) groups excluding carboxylic acids is 2. The number of β-lactam (4-membered cyclic amide) rings is 1. The molecule has 0 spiro atoms. The van der Waals surface area contributed by atoms with Crippen molar-refractivity contribution in [1.29, 1.82) is 0 Å². The second-order valence-corrected chi connectivity index (χ2v) is 14.9. The van der Waals surface area contributed by atoms with Crippen LogP contribution < -0.4 is 16.0 Å². The lowest BCUT2D eigenvalue weighted by Gasteiger charge is -2.49. The third-order valence-electron chi connectivity index (χ3n) is 9.15. The van der Waals surface area contributed by atoms with Crippen LogP contribution in [0.1, 0.15) is 36.1 Å². The smallest absolute Gasteiger partial charge is 0.352 e. The lowest BCUT2D eigenvalue weighted by atomic mass is 9.89. The number of nitrogens with zero attached hydrogens (tertiary/aromatic N) is 7. The Morgan fingerprint density at radius 1 is 1.25 bits per heavy atom. The highest BCUT2D eigenvalue weighted by molar-refractivity contribution is 8.00. The van der Waals surface area contributed by atoms with Crippen molar-refractivity contribution in [3.8, 4) is 0 Å². The van der Waals surface area contributed by atoms with E-state index in [-0.39, 0.29) is 64.3 Å². The van der Waals surface area contributed by atoms with Gasteiger partial charge in [-0.15, -0.1) is 27.6 Å². The maximum Gasteiger partial charge on any atom is 0.352 e. The summed E-state index contributed by atoms with van der Waals surface area (Å²) in [6.07, 6.45) is 6.35. The van der Waals surface area contributed by atoms with Gasteiger partial charge in [-0.3, -0.25) is 14.5 Å². The van der Waals surface area contributed by atoms with E-state index >= 15 is 4.39 Å². The molecule has 7 rings (SSSR count). The van der Waals surface area contributed by atoms with Gasteiger partial charge in [0.05, 0.1) is 48.3 Å². The van der Waals surface area contributed by atoms with E-state index < -0.39 is 34.8 Å². The number of aromatic nitrogens is 4. The number of imidazole rings is 1. The minimum atomic E-state index is -1.25. The number of rotatable bonds is 13. The molecule has 5 N–H and O–H groups in total. The molecule has 20 heteroatoms. The number of fused-ring (bicyclic) bond motifs is 2. The van der Waals surface area contributed by atoms with Crippen molar-refractivity contribution in [2.45, 2.75) is 43.8 Å². The lowest BCUT2D eigenvalue weighted by molar-refractivity contribution is -0.662. The van der Waals surface area contributed by atoms with Gasteiger partial charge in [0.25, 0.3) is 0 Å². The zero-order valence-corrected chi connectivity index (χ0v) is 30.6. The molecule has 4 aromatic rings. The Bertz CT molecular complexity index is 2170. The quantitative estimate of drug-likeness (QED) is 0.0591. The molecule has 3 aromatic heterocycles. The van der Waals surface area contributed by atoms with Crippen LogP contribution in [-0.2, 0) is 41.9 Å². The number of hydrogen-bond donors (Lipinski definition) is 3. The van der Waals surface area contributed by atoms with Crippen molar-refractivity contribution in [3.63, 3.8) is 0 Å². The molecule has 0 unspecified atom stereocenters. The monoisotopic (exact) mass is 786 g/mol. The minimum absolute atomic E-state index is 0.00862. The molecule has 0 bridgehead atoms. The molecule has 0 radical (unpaired) electrons. The highest BCUT2D eigenvalue weighted by atomic mass is 35.5. The van der Waals surface area contributed by atoms with Gasteiger partial charge in [0.1, 0.15) is 43.2 Å². The number of thioether (sulfide) groups is 1. The Hall–Kier alpha value is -4.98. The predicted octanol–water partition coefficient (Wildman–Crippen LogP) is 2.60. The summed E-state index contributed by atoms with van der Waals surface area (Å²) in [5, 5.41) is 19.5. The summed E-state index contributed by atoms with van der Waals surface area (Å²) in [5.41, 5.74) is 13.6. The number of Topliss-reactive ketones (excluding diaryl/α,β-unsaturated/α-hetero) is 1. The molecule has 1 aromatic carbocycles. The number of oxime groups is 2. The Balaban J connectivity index is 1.05. The summed E-state index contributed by atoms with van der Waals surface area (Å²) >= 11 is 9.07. The molecule has 278 valence electrons. The van der Waals surface area contributed by atoms with Crippen molar-refractivity contribution in [3.05, 3.63) is 81.1 Å². The van der Waals surface area contributed by atoms with E-state index in [4.69, 9.17) is 37.5 Å². The van der Waals surface area contributed by atoms with Gasteiger partial charge < -0.3 is 31.0 Å². The number of anilines is 1. The number of nitrogen functional groups attached to an aromatic ring is 1. The van der Waals surface area contributed by atoms with Gasteiger partial charge in [0, 0.05) is 41.5 Å². The Labute approximate surface area is 314 Å².